The molecule has 0 amide bonds. The van der Waals surface area contributed by atoms with Gasteiger partial charge >= 0.3 is 0 Å². The van der Waals surface area contributed by atoms with Gasteiger partial charge in [-0.1, -0.05) is 25.4 Å². The minimum Gasteiger partial charge on any atom is -0.381 e. The Morgan fingerprint density at radius 3 is 2.90 bits per heavy atom. The maximum absolute atomic E-state index is 12.1. The minimum absolute atomic E-state index is 0.00277. The normalized spacial score (nSPS) is 21.5. The third-order valence-electron chi connectivity index (χ3n) is 4.26. The molecule has 1 fully saturated rings. The number of halogens is 1. The van der Waals surface area contributed by atoms with E-state index in [1.807, 2.05) is 13.8 Å². The summed E-state index contributed by atoms with van der Waals surface area (Å²) in [6.07, 6.45) is 4.04. The zero-order valence-corrected chi connectivity index (χ0v) is 14.0. The molecule has 0 saturated carbocycles. The number of anilines is 1. The van der Waals surface area contributed by atoms with Crippen molar-refractivity contribution in [2.24, 2.45) is 5.41 Å². The summed E-state index contributed by atoms with van der Waals surface area (Å²) in [6.45, 7) is 10.1. The molecule has 1 aliphatic heterocycles. The smallest absolute Gasteiger partial charge is 0.287 e. The van der Waals surface area contributed by atoms with E-state index in [0.29, 0.717) is 11.7 Å². The molecule has 1 aliphatic rings. The van der Waals surface area contributed by atoms with Crippen LogP contribution >= 0.6 is 11.6 Å². The van der Waals surface area contributed by atoms with Gasteiger partial charge in [-0.25, -0.2) is 4.68 Å². The maximum Gasteiger partial charge on any atom is 0.287 e. The lowest BCUT2D eigenvalue weighted by Crippen LogP contribution is -2.50. The van der Waals surface area contributed by atoms with Crippen molar-refractivity contribution in [3.63, 3.8) is 0 Å². The second-order valence-corrected chi connectivity index (χ2v) is 7.07. The van der Waals surface area contributed by atoms with Gasteiger partial charge in [-0.3, -0.25) is 4.79 Å². The van der Waals surface area contributed by atoms with Crippen LogP contribution in [0.15, 0.2) is 11.0 Å². The summed E-state index contributed by atoms with van der Waals surface area (Å²) >= 11 is 6.17. The van der Waals surface area contributed by atoms with Gasteiger partial charge in [0.1, 0.15) is 5.02 Å². The fraction of sp³-hybridized carbons (Fsp3) is 0.733. The topological polar surface area (TPSA) is 59.0 Å². The summed E-state index contributed by atoms with van der Waals surface area (Å²) in [4.78, 5) is 12.1. The van der Waals surface area contributed by atoms with Gasteiger partial charge in [0.2, 0.25) is 0 Å². The molecule has 1 aromatic heterocycles. The van der Waals surface area contributed by atoms with Crippen LogP contribution in [0.3, 0.4) is 0 Å². The first kappa shape index (κ1) is 16.3. The lowest BCUT2D eigenvalue weighted by Gasteiger charge is -2.39. The Labute approximate surface area is 131 Å². The summed E-state index contributed by atoms with van der Waals surface area (Å²) in [5, 5.41) is 11.2. The molecule has 21 heavy (non-hydrogen) atoms. The van der Waals surface area contributed by atoms with E-state index in [0.717, 1.165) is 13.1 Å². The van der Waals surface area contributed by atoms with Gasteiger partial charge in [-0.15, -0.1) is 0 Å². The summed E-state index contributed by atoms with van der Waals surface area (Å²) in [5.41, 5.74) is 0.604. The first-order chi connectivity index (χ1) is 9.83. The number of hydrogen-bond donors (Lipinski definition) is 2. The third-order valence-corrected chi connectivity index (χ3v) is 4.63. The quantitative estimate of drug-likeness (QED) is 0.897. The van der Waals surface area contributed by atoms with Crippen molar-refractivity contribution < 1.29 is 0 Å². The van der Waals surface area contributed by atoms with E-state index in [-0.39, 0.29) is 22.0 Å². The minimum atomic E-state index is -0.243. The maximum atomic E-state index is 12.1. The number of nitrogens with zero attached hydrogens (tertiary/aromatic N) is 2. The predicted octanol–water partition coefficient (Wildman–Crippen LogP) is 2.67. The van der Waals surface area contributed by atoms with Crippen molar-refractivity contribution in [3.8, 4) is 0 Å². The van der Waals surface area contributed by atoms with Gasteiger partial charge < -0.3 is 10.6 Å². The van der Waals surface area contributed by atoms with Crippen LogP contribution in [-0.4, -0.2) is 28.9 Å². The van der Waals surface area contributed by atoms with Crippen LogP contribution in [0.1, 0.15) is 46.6 Å². The molecule has 1 aromatic rings. The molecule has 1 unspecified atom stereocenters. The highest BCUT2D eigenvalue weighted by molar-refractivity contribution is 6.32. The van der Waals surface area contributed by atoms with E-state index in [1.165, 1.54) is 17.5 Å². The Bertz CT molecular complexity index is 553. The molecule has 0 bridgehead atoms. The molecule has 2 heterocycles. The van der Waals surface area contributed by atoms with Crippen molar-refractivity contribution in [2.75, 3.05) is 18.4 Å². The molecule has 0 aliphatic carbocycles. The Hall–Kier alpha value is -1.07. The van der Waals surface area contributed by atoms with Crippen LogP contribution in [-0.2, 0) is 0 Å². The molecule has 0 spiro atoms. The molecule has 6 heteroatoms. The summed E-state index contributed by atoms with van der Waals surface area (Å²) < 4.78 is 1.40. The van der Waals surface area contributed by atoms with Crippen molar-refractivity contribution in [1.82, 2.24) is 15.1 Å². The molecular formula is C15H25ClN4O. The Morgan fingerprint density at radius 1 is 1.57 bits per heavy atom. The van der Waals surface area contributed by atoms with Gasteiger partial charge in [-0.05, 0) is 38.6 Å². The fourth-order valence-corrected chi connectivity index (χ4v) is 2.97. The van der Waals surface area contributed by atoms with Crippen molar-refractivity contribution in [1.29, 1.82) is 0 Å². The Morgan fingerprint density at radius 2 is 2.29 bits per heavy atom. The number of piperidine rings is 1. The van der Waals surface area contributed by atoms with E-state index in [9.17, 15) is 4.79 Å². The highest BCUT2D eigenvalue weighted by Crippen LogP contribution is 2.30. The highest BCUT2D eigenvalue weighted by Gasteiger charge is 2.31. The number of aromatic nitrogens is 2. The van der Waals surface area contributed by atoms with E-state index in [2.05, 4.69) is 29.6 Å². The molecule has 2 N–H and O–H groups in total. The first-order valence-corrected chi connectivity index (χ1v) is 7.95. The van der Waals surface area contributed by atoms with Crippen LogP contribution in [0, 0.1) is 5.41 Å². The average molecular weight is 313 g/mol. The second kappa shape index (κ2) is 6.36. The first-order valence-electron chi connectivity index (χ1n) is 7.57. The van der Waals surface area contributed by atoms with Gasteiger partial charge in [-0.2, -0.15) is 5.10 Å². The monoisotopic (exact) mass is 312 g/mol. The summed E-state index contributed by atoms with van der Waals surface area (Å²) in [7, 11) is 0. The van der Waals surface area contributed by atoms with Crippen molar-refractivity contribution in [3.05, 3.63) is 21.6 Å². The zero-order valence-electron chi connectivity index (χ0n) is 13.2. The van der Waals surface area contributed by atoms with E-state index in [1.54, 1.807) is 6.20 Å². The second-order valence-electron chi connectivity index (χ2n) is 6.70. The van der Waals surface area contributed by atoms with Gasteiger partial charge in [0.15, 0.2) is 0 Å². The molecule has 1 saturated heterocycles. The third kappa shape index (κ3) is 3.58. The number of hydrogen-bond acceptors (Lipinski definition) is 4. The van der Waals surface area contributed by atoms with E-state index < -0.39 is 0 Å². The summed E-state index contributed by atoms with van der Waals surface area (Å²) in [5.74, 6) is 0. The lowest BCUT2D eigenvalue weighted by atomic mass is 9.77. The fourth-order valence-electron chi connectivity index (χ4n) is 2.77. The molecule has 1 atom stereocenters. The van der Waals surface area contributed by atoms with Crippen LogP contribution in [0.5, 0.6) is 0 Å². The van der Waals surface area contributed by atoms with Gasteiger partial charge in [0.05, 0.1) is 17.9 Å². The van der Waals surface area contributed by atoms with Gasteiger partial charge in [0.25, 0.3) is 5.56 Å². The van der Waals surface area contributed by atoms with Crippen LogP contribution < -0.4 is 16.2 Å². The molecular weight excluding hydrogens is 288 g/mol. The van der Waals surface area contributed by atoms with Gasteiger partial charge in [0, 0.05) is 12.6 Å². The largest absolute Gasteiger partial charge is 0.381 e. The SMILES string of the molecule is CC(C)n1ncc(NCC2NCCCC2(C)C)c(Cl)c1=O. The van der Waals surface area contributed by atoms with E-state index in [4.69, 9.17) is 11.6 Å². The molecule has 2 rings (SSSR count). The zero-order chi connectivity index (χ0) is 15.6. The number of nitrogens with one attached hydrogen (secondary N) is 2. The molecule has 0 aromatic carbocycles. The average Bonchev–Trinajstić information content (AvgIpc) is 2.41. The van der Waals surface area contributed by atoms with Crippen LogP contribution in [0.4, 0.5) is 5.69 Å². The van der Waals surface area contributed by atoms with E-state index >= 15 is 0 Å². The Balaban J connectivity index is 2.10. The molecule has 5 nitrogen and oxygen atoms in total. The standard InChI is InChI=1S/C15H25ClN4O/c1-10(2)20-14(21)13(16)11(8-19-20)18-9-12-15(3,4)6-5-7-17-12/h8,10,12,17-18H,5-7,9H2,1-4H3. The molecule has 0 radical (unpaired) electrons. The van der Waals surface area contributed by atoms with Crippen molar-refractivity contribution >= 4 is 17.3 Å². The summed E-state index contributed by atoms with van der Waals surface area (Å²) in [6, 6.07) is 0.359. The lowest BCUT2D eigenvalue weighted by molar-refractivity contribution is 0.188. The molecule has 118 valence electrons. The highest BCUT2D eigenvalue weighted by atomic mass is 35.5. The number of rotatable bonds is 4. The Kier molecular flexibility index (Phi) is 4.94. The predicted molar refractivity (Wildman–Crippen MR) is 87.2 cm³/mol. The van der Waals surface area contributed by atoms with Crippen LogP contribution in [0.25, 0.3) is 0 Å². The van der Waals surface area contributed by atoms with Crippen molar-refractivity contribution in [2.45, 2.75) is 52.6 Å². The van der Waals surface area contributed by atoms with Crippen LogP contribution in [0.2, 0.25) is 5.02 Å².